The molecule has 0 unspecified atom stereocenters. The molecule has 0 saturated carbocycles. The second-order valence-corrected chi connectivity index (χ2v) is 4.67. The number of aromatic nitrogens is 2. The second kappa shape index (κ2) is 3.99. The van der Waals surface area contributed by atoms with Crippen molar-refractivity contribution in [2.45, 2.75) is 11.8 Å². The Bertz CT molecular complexity index is 476. The Hall–Kier alpha value is -1.41. The maximum absolute atomic E-state index is 11.5. The molecule has 0 radical (unpaired) electrons. The largest absolute Gasteiger partial charge is 0.480 e. The predicted molar refractivity (Wildman–Crippen MR) is 50.8 cm³/mol. The van der Waals surface area contributed by atoms with Crippen molar-refractivity contribution < 1.29 is 18.3 Å². The number of hydrogen-bond donors (Lipinski definition) is 2. The quantitative estimate of drug-likeness (QED) is 0.701. The molecule has 0 aliphatic heterocycles. The number of hydrogen-bond acceptors (Lipinski definition) is 4. The normalized spacial score (nSPS) is 11.6. The van der Waals surface area contributed by atoms with Gasteiger partial charge in [0.1, 0.15) is 11.4 Å². The van der Waals surface area contributed by atoms with E-state index < -0.39 is 22.5 Å². The van der Waals surface area contributed by atoms with Crippen LogP contribution in [0.15, 0.2) is 11.1 Å². The Morgan fingerprint density at radius 1 is 1.67 bits per heavy atom. The van der Waals surface area contributed by atoms with E-state index in [0.717, 1.165) is 0 Å². The number of aryl methyl sites for hydroxylation is 1. The van der Waals surface area contributed by atoms with Gasteiger partial charge in [0.25, 0.3) is 0 Å². The van der Waals surface area contributed by atoms with Crippen molar-refractivity contribution in [3.63, 3.8) is 0 Å². The molecule has 0 aromatic carbocycles. The molecule has 0 aliphatic carbocycles. The van der Waals surface area contributed by atoms with Crippen LogP contribution < -0.4 is 4.72 Å². The van der Waals surface area contributed by atoms with Gasteiger partial charge in [0, 0.05) is 7.05 Å². The predicted octanol–water partition coefficient (Wildman–Crippen LogP) is -0.909. The molecule has 1 aromatic heterocycles. The molecule has 0 amide bonds. The van der Waals surface area contributed by atoms with Crippen LogP contribution in [0, 0.1) is 6.92 Å². The molecule has 2 N–H and O–H groups in total. The summed E-state index contributed by atoms with van der Waals surface area (Å²) in [6.45, 7) is 0.943. The van der Waals surface area contributed by atoms with Gasteiger partial charge in [-0.05, 0) is 6.92 Å². The molecular weight excluding hydrogens is 222 g/mol. The van der Waals surface area contributed by atoms with E-state index in [1.54, 1.807) is 14.0 Å². The van der Waals surface area contributed by atoms with E-state index >= 15 is 0 Å². The molecule has 0 aliphatic rings. The molecule has 84 valence electrons. The summed E-state index contributed by atoms with van der Waals surface area (Å²) in [5.74, 6) is -1.24. The van der Waals surface area contributed by atoms with Crippen molar-refractivity contribution >= 4 is 16.0 Å². The van der Waals surface area contributed by atoms with Gasteiger partial charge >= 0.3 is 5.97 Å². The fourth-order valence-corrected chi connectivity index (χ4v) is 2.15. The number of aliphatic carboxylic acids is 1. The Labute approximate surface area is 86.8 Å². The van der Waals surface area contributed by atoms with Crippen LogP contribution in [0.2, 0.25) is 0 Å². The minimum Gasteiger partial charge on any atom is -0.480 e. The third-order valence-corrected chi connectivity index (χ3v) is 3.40. The molecule has 0 fully saturated rings. The highest BCUT2D eigenvalue weighted by Crippen LogP contribution is 2.12. The smallest absolute Gasteiger partial charge is 0.318 e. The molecule has 0 spiro atoms. The lowest BCUT2D eigenvalue weighted by atomic mass is 10.5. The van der Waals surface area contributed by atoms with E-state index in [-0.39, 0.29) is 4.90 Å². The molecule has 0 bridgehead atoms. The highest BCUT2D eigenvalue weighted by molar-refractivity contribution is 7.89. The lowest BCUT2D eigenvalue weighted by molar-refractivity contribution is -0.135. The van der Waals surface area contributed by atoms with Gasteiger partial charge in [-0.25, -0.2) is 8.42 Å². The summed E-state index contributed by atoms with van der Waals surface area (Å²) in [5, 5.41) is 12.1. The van der Waals surface area contributed by atoms with Crippen molar-refractivity contribution in [2.75, 3.05) is 6.54 Å². The minimum absolute atomic E-state index is 0.00810. The lowest BCUT2D eigenvalue weighted by Crippen LogP contribution is -2.29. The molecule has 1 rings (SSSR count). The van der Waals surface area contributed by atoms with Gasteiger partial charge in [-0.15, -0.1) is 0 Å². The van der Waals surface area contributed by atoms with Gasteiger partial charge < -0.3 is 5.11 Å². The minimum atomic E-state index is -3.78. The number of nitrogens with one attached hydrogen (secondary N) is 1. The number of carboxylic acid groups (broad SMARTS) is 1. The van der Waals surface area contributed by atoms with E-state index in [4.69, 9.17) is 5.11 Å². The number of carboxylic acids is 1. The number of carbonyl (C=O) groups is 1. The Morgan fingerprint density at radius 2 is 2.27 bits per heavy atom. The van der Waals surface area contributed by atoms with Gasteiger partial charge in [-0.3, -0.25) is 9.48 Å². The van der Waals surface area contributed by atoms with Crippen LogP contribution in [0.1, 0.15) is 5.69 Å². The molecule has 0 atom stereocenters. The summed E-state index contributed by atoms with van der Waals surface area (Å²) in [6, 6.07) is 0. The van der Waals surface area contributed by atoms with E-state index in [1.165, 1.54) is 10.9 Å². The summed E-state index contributed by atoms with van der Waals surface area (Å²) in [7, 11) is -2.18. The van der Waals surface area contributed by atoms with Gasteiger partial charge in [0.15, 0.2) is 0 Å². The molecule has 1 heterocycles. The Kier molecular flexibility index (Phi) is 3.10. The summed E-state index contributed by atoms with van der Waals surface area (Å²) < 4.78 is 26.4. The van der Waals surface area contributed by atoms with Crippen LogP contribution in [0.5, 0.6) is 0 Å². The van der Waals surface area contributed by atoms with Crippen molar-refractivity contribution in [3.05, 3.63) is 11.9 Å². The highest BCUT2D eigenvalue weighted by atomic mass is 32.2. The van der Waals surface area contributed by atoms with Gasteiger partial charge in [-0.2, -0.15) is 9.82 Å². The summed E-state index contributed by atoms with van der Waals surface area (Å²) in [4.78, 5) is 10.2. The SMILES string of the molecule is Cc1c(S(=O)(=O)NCC(=O)O)cnn1C. The first kappa shape index (κ1) is 11.7. The molecule has 15 heavy (non-hydrogen) atoms. The molecule has 7 nitrogen and oxygen atoms in total. The summed E-state index contributed by atoms with van der Waals surface area (Å²) >= 11 is 0. The topological polar surface area (TPSA) is 101 Å². The summed E-state index contributed by atoms with van der Waals surface area (Å²) in [6.07, 6.45) is 1.18. The van der Waals surface area contributed by atoms with Crippen molar-refractivity contribution in [1.82, 2.24) is 14.5 Å². The monoisotopic (exact) mass is 233 g/mol. The van der Waals surface area contributed by atoms with E-state index in [0.29, 0.717) is 5.69 Å². The van der Waals surface area contributed by atoms with E-state index in [1.807, 2.05) is 4.72 Å². The Morgan fingerprint density at radius 3 is 2.67 bits per heavy atom. The van der Waals surface area contributed by atoms with E-state index in [9.17, 15) is 13.2 Å². The van der Waals surface area contributed by atoms with Crippen LogP contribution in [0.25, 0.3) is 0 Å². The molecule has 0 saturated heterocycles. The zero-order valence-electron chi connectivity index (χ0n) is 8.26. The van der Waals surface area contributed by atoms with Crippen molar-refractivity contribution in [2.24, 2.45) is 7.05 Å². The van der Waals surface area contributed by atoms with E-state index in [2.05, 4.69) is 5.10 Å². The summed E-state index contributed by atoms with van der Waals surface area (Å²) in [5.41, 5.74) is 0.452. The fourth-order valence-electron chi connectivity index (χ4n) is 0.977. The second-order valence-electron chi connectivity index (χ2n) is 2.94. The number of nitrogens with zero attached hydrogens (tertiary/aromatic N) is 2. The first-order valence-electron chi connectivity index (χ1n) is 4.04. The average Bonchev–Trinajstić information content (AvgIpc) is 2.45. The zero-order chi connectivity index (χ0) is 11.6. The van der Waals surface area contributed by atoms with Crippen LogP contribution in [-0.2, 0) is 21.9 Å². The number of rotatable bonds is 4. The highest BCUT2D eigenvalue weighted by Gasteiger charge is 2.20. The molecular formula is C7H11N3O4S. The van der Waals surface area contributed by atoms with Crippen LogP contribution in [0.3, 0.4) is 0 Å². The van der Waals surface area contributed by atoms with Crippen LogP contribution >= 0.6 is 0 Å². The van der Waals surface area contributed by atoms with Gasteiger partial charge in [-0.1, -0.05) is 0 Å². The maximum Gasteiger partial charge on any atom is 0.318 e. The van der Waals surface area contributed by atoms with Crippen LogP contribution in [0.4, 0.5) is 0 Å². The lowest BCUT2D eigenvalue weighted by Gasteiger charge is -2.03. The average molecular weight is 233 g/mol. The number of sulfonamides is 1. The molecule has 8 heteroatoms. The van der Waals surface area contributed by atoms with Gasteiger partial charge in [0.2, 0.25) is 10.0 Å². The maximum atomic E-state index is 11.5. The third kappa shape index (κ3) is 2.54. The van der Waals surface area contributed by atoms with Crippen molar-refractivity contribution in [1.29, 1.82) is 0 Å². The Balaban J connectivity index is 2.97. The third-order valence-electron chi connectivity index (χ3n) is 1.89. The molecule has 1 aromatic rings. The van der Waals surface area contributed by atoms with Crippen LogP contribution in [-0.4, -0.2) is 35.8 Å². The first-order valence-corrected chi connectivity index (χ1v) is 5.53. The fraction of sp³-hybridized carbons (Fsp3) is 0.429. The van der Waals surface area contributed by atoms with Crippen molar-refractivity contribution in [3.8, 4) is 0 Å². The van der Waals surface area contributed by atoms with Gasteiger partial charge in [0.05, 0.1) is 11.9 Å². The standard InChI is InChI=1S/C7H11N3O4S/c1-5-6(3-8-10(5)2)15(13,14)9-4-7(11)12/h3,9H,4H2,1-2H3,(H,11,12). The first-order chi connectivity index (χ1) is 6.84. The zero-order valence-corrected chi connectivity index (χ0v) is 9.08.